The molecule has 0 fully saturated rings. The van der Waals surface area contributed by atoms with Crippen LogP contribution in [0.15, 0.2) is 133 Å². The van der Waals surface area contributed by atoms with Crippen molar-refractivity contribution in [3.05, 3.63) is 145 Å². The Balaban J connectivity index is 1.34. The Hall–Kier alpha value is -4.66. The predicted molar refractivity (Wildman–Crippen MR) is 177 cm³/mol. The van der Waals surface area contributed by atoms with Gasteiger partial charge in [-0.15, -0.1) is 11.3 Å². The first kappa shape index (κ1) is 24.2. The van der Waals surface area contributed by atoms with Gasteiger partial charge in [-0.25, -0.2) is 0 Å². The van der Waals surface area contributed by atoms with Gasteiger partial charge in [0.1, 0.15) is 0 Å². The molecule has 1 aromatic heterocycles. The maximum Gasteiger partial charge on any atom is 0.0543 e. The summed E-state index contributed by atoms with van der Waals surface area (Å²) in [4.78, 5) is 0. The normalized spacial score (nSPS) is 13.3. The van der Waals surface area contributed by atoms with E-state index in [9.17, 15) is 0 Å². The lowest BCUT2D eigenvalue weighted by atomic mass is 9.82. The van der Waals surface area contributed by atoms with E-state index in [-0.39, 0.29) is 5.41 Å². The summed E-state index contributed by atoms with van der Waals surface area (Å²) in [6, 6.07) is 48.6. The topological polar surface area (TPSA) is 12.0 Å². The molecule has 1 N–H and O–H groups in total. The molecule has 2 heteroatoms. The molecule has 1 nitrogen and oxygen atoms in total. The number of hydrogen-bond donors (Lipinski definition) is 1. The molecule has 0 atom stereocenters. The number of fused-ring (bicyclic) bond motifs is 6. The quantitative estimate of drug-likeness (QED) is 0.233. The predicted octanol–water partition coefficient (Wildman–Crippen LogP) is 11.4. The molecule has 8 rings (SSSR count). The van der Waals surface area contributed by atoms with Crippen LogP contribution in [0, 0.1) is 0 Å². The zero-order chi connectivity index (χ0) is 27.6. The number of para-hydroxylation sites is 1. The maximum atomic E-state index is 3.94. The van der Waals surface area contributed by atoms with E-state index < -0.39 is 0 Å². The van der Waals surface area contributed by atoms with E-state index in [1.807, 2.05) is 11.3 Å². The number of rotatable bonds is 4. The van der Waals surface area contributed by atoms with Gasteiger partial charge in [0.25, 0.3) is 0 Å². The SMILES string of the molecule is CC1(C)c2ccccc2-c2ccc(Nc3c(-c4ccccc4)cccc3-c3cccc4sc5ccccc5c34)cc21. The third kappa shape index (κ3) is 3.75. The van der Waals surface area contributed by atoms with Crippen LogP contribution in [0.25, 0.3) is 53.6 Å². The molecule has 1 aliphatic rings. The first-order valence-corrected chi connectivity index (χ1v) is 15.0. The van der Waals surface area contributed by atoms with Crippen LogP contribution in [-0.2, 0) is 5.41 Å². The van der Waals surface area contributed by atoms with Crippen molar-refractivity contribution in [2.24, 2.45) is 0 Å². The van der Waals surface area contributed by atoms with Crippen molar-refractivity contribution in [2.75, 3.05) is 5.32 Å². The molecule has 0 spiro atoms. The lowest BCUT2D eigenvalue weighted by Crippen LogP contribution is -2.15. The molecular weight excluding hydrogens is 515 g/mol. The highest BCUT2D eigenvalue weighted by atomic mass is 32.1. The van der Waals surface area contributed by atoms with E-state index in [1.54, 1.807) is 0 Å². The van der Waals surface area contributed by atoms with Crippen molar-refractivity contribution in [1.29, 1.82) is 0 Å². The van der Waals surface area contributed by atoms with Crippen LogP contribution >= 0.6 is 11.3 Å². The summed E-state index contributed by atoms with van der Waals surface area (Å²) in [6.07, 6.45) is 0. The Morgan fingerprint density at radius 3 is 2.07 bits per heavy atom. The summed E-state index contributed by atoms with van der Waals surface area (Å²) in [5.41, 5.74) is 12.5. The first-order valence-electron chi connectivity index (χ1n) is 14.2. The van der Waals surface area contributed by atoms with Crippen molar-refractivity contribution in [3.63, 3.8) is 0 Å². The molecule has 0 amide bonds. The lowest BCUT2D eigenvalue weighted by molar-refractivity contribution is 0.660. The first-order chi connectivity index (χ1) is 20.1. The van der Waals surface area contributed by atoms with Crippen molar-refractivity contribution < 1.29 is 0 Å². The van der Waals surface area contributed by atoms with Gasteiger partial charge in [-0.2, -0.15) is 0 Å². The molecule has 41 heavy (non-hydrogen) atoms. The highest BCUT2D eigenvalue weighted by molar-refractivity contribution is 7.25. The Morgan fingerprint density at radius 2 is 1.17 bits per heavy atom. The second kappa shape index (κ2) is 9.19. The van der Waals surface area contributed by atoms with Crippen LogP contribution < -0.4 is 5.32 Å². The zero-order valence-electron chi connectivity index (χ0n) is 23.1. The average Bonchev–Trinajstić information content (AvgIpc) is 3.50. The van der Waals surface area contributed by atoms with Crippen molar-refractivity contribution in [2.45, 2.75) is 19.3 Å². The van der Waals surface area contributed by atoms with Gasteiger partial charge in [0.05, 0.1) is 5.69 Å². The Bertz CT molecular complexity index is 2100. The Labute approximate surface area is 244 Å². The fraction of sp³-hybridized carbons (Fsp3) is 0.0769. The summed E-state index contributed by atoms with van der Waals surface area (Å²) in [6.45, 7) is 4.68. The summed E-state index contributed by atoms with van der Waals surface area (Å²) in [5.74, 6) is 0. The van der Waals surface area contributed by atoms with Crippen LogP contribution in [0.2, 0.25) is 0 Å². The molecule has 0 saturated heterocycles. The highest BCUT2D eigenvalue weighted by Gasteiger charge is 2.35. The van der Waals surface area contributed by atoms with Crippen LogP contribution in [0.1, 0.15) is 25.0 Å². The van der Waals surface area contributed by atoms with Gasteiger partial charge < -0.3 is 5.32 Å². The van der Waals surface area contributed by atoms with Gasteiger partial charge in [0.15, 0.2) is 0 Å². The molecule has 1 aliphatic carbocycles. The third-order valence-electron chi connectivity index (χ3n) is 8.69. The fourth-order valence-corrected chi connectivity index (χ4v) is 7.83. The van der Waals surface area contributed by atoms with E-state index in [4.69, 9.17) is 0 Å². The number of hydrogen-bond acceptors (Lipinski definition) is 2. The molecule has 0 saturated carbocycles. The molecule has 1 heterocycles. The lowest BCUT2D eigenvalue weighted by Gasteiger charge is -2.23. The van der Waals surface area contributed by atoms with Crippen molar-refractivity contribution in [1.82, 2.24) is 0 Å². The van der Waals surface area contributed by atoms with E-state index in [2.05, 4.69) is 153 Å². The molecule has 196 valence electrons. The molecule has 7 aromatic rings. The minimum atomic E-state index is -0.0490. The van der Waals surface area contributed by atoms with Crippen LogP contribution in [-0.4, -0.2) is 0 Å². The standard InChI is InChI=1S/C39H29NS/c1-39(2)33-19-8-6-14-28(33)29-23-22-26(24-34(29)39)40-38-27(25-12-4-3-5-13-25)16-10-18-31(38)30-17-11-21-36-37(30)32-15-7-9-20-35(32)41-36/h3-24,40H,1-2H3. The van der Waals surface area contributed by atoms with E-state index in [0.29, 0.717) is 0 Å². The van der Waals surface area contributed by atoms with Crippen LogP contribution in [0.3, 0.4) is 0 Å². The molecule has 0 bridgehead atoms. The molecule has 0 aliphatic heterocycles. The molecule has 0 unspecified atom stereocenters. The zero-order valence-corrected chi connectivity index (χ0v) is 23.9. The summed E-state index contributed by atoms with van der Waals surface area (Å²) < 4.78 is 2.64. The largest absolute Gasteiger partial charge is 0.355 e. The maximum absolute atomic E-state index is 3.94. The summed E-state index contributed by atoms with van der Waals surface area (Å²) >= 11 is 1.87. The molecule has 6 aromatic carbocycles. The minimum Gasteiger partial charge on any atom is -0.355 e. The average molecular weight is 544 g/mol. The summed E-state index contributed by atoms with van der Waals surface area (Å²) in [7, 11) is 0. The molecular formula is C39H29NS. The van der Waals surface area contributed by atoms with Crippen molar-refractivity contribution in [3.8, 4) is 33.4 Å². The number of benzene rings is 6. The van der Waals surface area contributed by atoms with Gasteiger partial charge in [-0.05, 0) is 57.6 Å². The van der Waals surface area contributed by atoms with Gasteiger partial charge in [0.2, 0.25) is 0 Å². The summed E-state index contributed by atoms with van der Waals surface area (Å²) in [5, 5.41) is 6.58. The number of nitrogens with one attached hydrogen (secondary N) is 1. The second-order valence-electron chi connectivity index (χ2n) is 11.4. The van der Waals surface area contributed by atoms with Gasteiger partial charge in [0, 0.05) is 42.4 Å². The van der Waals surface area contributed by atoms with E-state index >= 15 is 0 Å². The van der Waals surface area contributed by atoms with E-state index in [1.165, 1.54) is 64.7 Å². The van der Waals surface area contributed by atoms with Gasteiger partial charge in [-0.1, -0.05) is 123 Å². The highest BCUT2D eigenvalue weighted by Crippen LogP contribution is 2.50. The number of thiophene rings is 1. The van der Waals surface area contributed by atoms with Crippen molar-refractivity contribution >= 4 is 42.9 Å². The fourth-order valence-electron chi connectivity index (χ4n) is 6.70. The van der Waals surface area contributed by atoms with Crippen LogP contribution in [0.5, 0.6) is 0 Å². The third-order valence-corrected chi connectivity index (χ3v) is 9.83. The monoisotopic (exact) mass is 543 g/mol. The number of anilines is 2. The van der Waals surface area contributed by atoms with Gasteiger partial charge >= 0.3 is 0 Å². The van der Waals surface area contributed by atoms with E-state index in [0.717, 1.165) is 11.4 Å². The second-order valence-corrected chi connectivity index (χ2v) is 12.5. The Kier molecular flexibility index (Phi) is 5.42. The molecule has 0 radical (unpaired) electrons. The van der Waals surface area contributed by atoms with Crippen LogP contribution in [0.4, 0.5) is 11.4 Å². The smallest absolute Gasteiger partial charge is 0.0543 e. The minimum absolute atomic E-state index is 0.0490. The van der Waals surface area contributed by atoms with Gasteiger partial charge in [-0.3, -0.25) is 0 Å². The Morgan fingerprint density at radius 1 is 0.512 bits per heavy atom.